The summed E-state index contributed by atoms with van der Waals surface area (Å²) >= 11 is 0. The minimum Gasteiger partial charge on any atom is -0.487 e. The number of aliphatic hydroxyl groups is 1. The molecule has 12 rings (SSSR count). The number of nitrogens with zero attached hydrogens (tertiary/aromatic N) is 5. The molecule has 8 saturated carbocycles. The van der Waals surface area contributed by atoms with Gasteiger partial charge in [-0.05, 0) is 243 Å². The summed E-state index contributed by atoms with van der Waals surface area (Å²) < 4.78 is 9.03. The lowest BCUT2D eigenvalue weighted by Gasteiger charge is -2.57. The van der Waals surface area contributed by atoms with E-state index in [0.717, 1.165) is 119 Å². The molecule has 66 heavy (non-hydrogen) atoms. The summed E-state index contributed by atoms with van der Waals surface area (Å²) in [5.74, 6) is 9.00. The lowest BCUT2D eigenvalue weighted by molar-refractivity contribution is -0.133. The van der Waals surface area contributed by atoms with Crippen molar-refractivity contribution in [3.63, 3.8) is 0 Å². The van der Waals surface area contributed by atoms with Gasteiger partial charge in [-0.25, -0.2) is 0 Å². The van der Waals surface area contributed by atoms with Gasteiger partial charge in [-0.15, -0.1) is 0 Å². The van der Waals surface area contributed by atoms with E-state index in [4.69, 9.17) is 9.84 Å². The van der Waals surface area contributed by atoms with Gasteiger partial charge in [0.15, 0.2) is 11.6 Å². The van der Waals surface area contributed by atoms with Gasteiger partial charge < -0.3 is 9.84 Å². The van der Waals surface area contributed by atoms with Gasteiger partial charge >= 0.3 is 0 Å². The molecule has 9 heteroatoms. The van der Waals surface area contributed by atoms with Crippen LogP contribution in [0.2, 0.25) is 0 Å². The van der Waals surface area contributed by atoms with Crippen molar-refractivity contribution in [2.75, 3.05) is 0 Å². The molecule has 4 aromatic rings. The number of carbonyl (C=O) groups is 2. The third-order valence-electron chi connectivity index (χ3n) is 21.8. The third-order valence-corrected chi connectivity index (χ3v) is 21.8. The van der Waals surface area contributed by atoms with E-state index in [1.54, 1.807) is 4.80 Å². The molecule has 0 unspecified atom stereocenters. The Kier molecular flexibility index (Phi) is 10.4. The van der Waals surface area contributed by atoms with Crippen LogP contribution in [0.1, 0.15) is 155 Å². The first-order valence-electron chi connectivity index (χ1n) is 26.8. The summed E-state index contributed by atoms with van der Waals surface area (Å²) in [5, 5.41) is 26.4. The Balaban J connectivity index is 0.673. The summed E-state index contributed by atoms with van der Waals surface area (Å²) in [6.45, 7) is 14.2. The zero-order valence-electron chi connectivity index (χ0n) is 40.9. The molecule has 16 atom stereocenters. The van der Waals surface area contributed by atoms with E-state index in [-0.39, 0.29) is 34.8 Å². The normalized spacial score (nSPS) is 42.8. The maximum atomic E-state index is 14.4. The maximum Gasteiger partial charge on any atom is 0.159 e. The van der Waals surface area contributed by atoms with E-state index >= 15 is 0 Å². The topological polar surface area (TPSA) is 112 Å². The molecule has 2 heterocycles. The number of Topliss-reactive ketones (excluding diaryl/α,β-unsaturated/α-hetero) is 2. The standard InChI is InChI=1S/C57H77N5O4/c1-33-7-18-49-51(27-33)60-62(59-49)32-53(64)48-17-15-46-44-12-9-36-30-55(4,24-20-40(36)42(44)22-26-57(46,48)6)66-37-10-13-38-34(2)61(58-50(38)28-37)31-52(63)47-16-14-45-43-11-8-35-29-54(3,65)23-19-39(35)41(43)21-25-56(45,47)5/h7,10,13,18,27-28,35-36,39-48,65H,8-9,11-12,14-17,19-26,29-32H2,1-6H3/t35-,36-,39+,40+,41-,42-,43-,44-,45+,46+,47-,48-,54-,55-,56+,57+/m1/s1. The van der Waals surface area contributed by atoms with Gasteiger partial charge in [0.05, 0.1) is 11.1 Å². The summed E-state index contributed by atoms with van der Waals surface area (Å²) in [7, 11) is 0. The van der Waals surface area contributed by atoms with Crippen molar-refractivity contribution >= 4 is 33.5 Å². The van der Waals surface area contributed by atoms with Crippen LogP contribution in [0.3, 0.4) is 0 Å². The van der Waals surface area contributed by atoms with Crippen molar-refractivity contribution in [2.45, 2.75) is 181 Å². The zero-order valence-corrected chi connectivity index (χ0v) is 40.9. The van der Waals surface area contributed by atoms with Crippen LogP contribution in [0.4, 0.5) is 0 Å². The highest BCUT2D eigenvalue weighted by molar-refractivity contribution is 5.86. The monoisotopic (exact) mass is 896 g/mol. The minimum absolute atomic E-state index is 0.0781. The predicted molar refractivity (Wildman–Crippen MR) is 258 cm³/mol. The highest BCUT2D eigenvalue weighted by atomic mass is 16.5. The Morgan fingerprint density at radius 3 is 1.89 bits per heavy atom. The number of aromatic nitrogens is 5. The molecule has 0 aliphatic heterocycles. The SMILES string of the molecule is Cc1ccc2nn(CC(=O)[C@H]3CC[C@H]4[C@@H]5CC[C@@H]6C[C@](C)(Oc7ccc8c(C)n(CC(=O)[C@H]9CC[C@H]%10[C@@H]%11CC[C@@H]%12C[C@](C)(O)CC[C@@H]%12[C@H]%11CC[C@]9%10C)nc8c7)CC[C@@H]6[C@H]5CC[C@]34C)nc2c1. The highest BCUT2D eigenvalue weighted by Crippen LogP contribution is 2.66. The number of ether oxygens (including phenoxy) is 1. The molecule has 354 valence electrons. The fourth-order valence-electron chi connectivity index (χ4n) is 18.7. The van der Waals surface area contributed by atoms with Crippen LogP contribution < -0.4 is 4.74 Å². The van der Waals surface area contributed by atoms with Gasteiger partial charge in [0.1, 0.15) is 35.5 Å². The minimum atomic E-state index is -0.479. The Labute approximate surface area is 392 Å². The summed E-state index contributed by atoms with van der Waals surface area (Å²) in [4.78, 5) is 30.1. The fraction of sp³-hybridized carbons (Fsp3) is 0.737. The maximum absolute atomic E-state index is 14.4. The fourth-order valence-corrected chi connectivity index (χ4v) is 18.7. The van der Waals surface area contributed by atoms with Crippen molar-refractivity contribution in [1.29, 1.82) is 0 Å². The van der Waals surface area contributed by atoms with E-state index in [9.17, 15) is 14.7 Å². The molecule has 2 aromatic carbocycles. The Morgan fingerprint density at radius 2 is 1.21 bits per heavy atom. The second-order valence-corrected chi connectivity index (χ2v) is 25.3. The van der Waals surface area contributed by atoms with Gasteiger partial charge in [0.2, 0.25) is 0 Å². The highest BCUT2D eigenvalue weighted by Gasteiger charge is 2.61. The first kappa shape index (κ1) is 43.7. The number of hydrogen-bond acceptors (Lipinski definition) is 7. The first-order chi connectivity index (χ1) is 31.6. The van der Waals surface area contributed by atoms with Crippen LogP contribution in [0, 0.1) is 95.7 Å². The van der Waals surface area contributed by atoms with Crippen LogP contribution in [0.15, 0.2) is 36.4 Å². The molecule has 0 amide bonds. The van der Waals surface area contributed by atoms with E-state index < -0.39 is 5.60 Å². The molecule has 0 spiro atoms. The van der Waals surface area contributed by atoms with E-state index in [1.165, 1.54) is 70.6 Å². The van der Waals surface area contributed by atoms with Crippen LogP contribution in [0.5, 0.6) is 5.75 Å². The number of hydrogen-bond donors (Lipinski definition) is 1. The second-order valence-electron chi connectivity index (χ2n) is 25.3. The summed E-state index contributed by atoms with van der Waals surface area (Å²) in [6, 6.07) is 12.6. The van der Waals surface area contributed by atoms with Crippen LogP contribution in [0.25, 0.3) is 21.9 Å². The number of ketones is 2. The lowest BCUT2D eigenvalue weighted by Crippen LogP contribution is -2.52. The zero-order chi connectivity index (χ0) is 45.5. The largest absolute Gasteiger partial charge is 0.487 e. The van der Waals surface area contributed by atoms with Crippen molar-refractivity contribution in [1.82, 2.24) is 24.8 Å². The average molecular weight is 896 g/mol. The van der Waals surface area contributed by atoms with Crippen molar-refractivity contribution in [3.8, 4) is 5.75 Å². The molecule has 2 aromatic heterocycles. The molecule has 9 nitrogen and oxygen atoms in total. The van der Waals surface area contributed by atoms with Crippen LogP contribution in [-0.4, -0.2) is 52.6 Å². The van der Waals surface area contributed by atoms with E-state index in [0.29, 0.717) is 41.8 Å². The van der Waals surface area contributed by atoms with Gasteiger partial charge in [-0.1, -0.05) is 19.9 Å². The van der Waals surface area contributed by atoms with Crippen molar-refractivity contribution in [2.24, 2.45) is 81.8 Å². The van der Waals surface area contributed by atoms with Gasteiger partial charge in [-0.2, -0.15) is 20.1 Å². The summed E-state index contributed by atoms with van der Waals surface area (Å²) in [5.41, 5.74) is 4.37. The third kappa shape index (κ3) is 7.09. The molecule has 8 aliphatic carbocycles. The molecular weight excluding hydrogens is 819 g/mol. The number of carbonyl (C=O) groups excluding carboxylic acids is 2. The number of aryl methyl sites for hydroxylation is 2. The number of benzene rings is 2. The Hall–Kier alpha value is -3.59. The Morgan fingerprint density at radius 1 is 0.606 bits per heavy atom. The van der Waals surface area contributed by atoms with Crippen molar-refractivity contribution in [3.05, 3.63) is 47.7 Å². The lowest BCUT2D eigenvalue weighted by atomic mass is 9.49. The van der Waals surface area contributed by atoms with E-state index in [1.807, 2.05) is 10.7 Å². The van der Waals surface area contributed by atoms with Gasteiger partial charge in [-0.3, -0.25) is 14.3 Å². The molecule has 8 aliphatic rings. The van der Waals surface area contributed by atoms with Crippen LogP contribution in [-0.2, 0) is 22.7 Å². The molecular formula is C57H77N5O4. The Bertz CT molecular complexity index is 2560. The quantitative estimate of drug-likeness (QED) is 0.187. The number of fused-ring (bicyclic) bond motifs is 12. The number of rotatable bonds is 8. The first-order valence-corrected chi connectivity index (χ1v) is 26.8. The second kappa shape index (κ2) is 15.7. The molecule has 0 bridgehead atoms. The van der Waals surface area contributed by atoms with Crippen molar-refractivity contribution < 1.29 is 19.4 Å². The van der Waals surface area contributed by atoms with Gasteiger partial charge in [0.25, 0.3) is 0 Å². The molecule has 8 fully saturated rings. The van der Waals surface area contributed by atoms with Gasteiger partial charge in [0, 0.05) is 29.0 Å². The summed E-state index contributed by atoms with van der Waals surface area (Å²) in [6.07, 6.45) is 20.8. The van der Waals surface area contributed by atoms with Crippen LogP contribution >= 0.6 is 0 Å². The average Bonchev–Trinajstić information content (AvgIpc) is 4.03. The smallest absolute Gasteiger partial charge is 0.159 e. The molecule has 0 radical (unpaired) electrons. The van der Waals surface area contributed by atoms with E-state index in [2.05, 4.69) is 82.1 Å². The molecule has 0 saturated heterocycles. The molecule has 1 N–H and O–H groups in total. The predicted octanol–water partition coefficient (Wildman–Crippen LogP) is 11.7.